The summed E-state index contributed by atoms with van der Waals surface area (Å²) < 4.78 is 12.1. The van der Waals surface area contributed by atoms with E-state index in [-0.39, 0.29) is 0 Å². The standard InChI is InChI=1S/C15H15BrN2O2/c1-9-6-14-15(20-5-4-19-14)8-13(9)18-12-3-2-10(16)7-11(12)17/h2-3,6-8,18H,4-5,17H2,1H3. The molecule has 2 aromatic rings. The van der Waals surface area contributed by atoms with Gasteiger partial charge in [-0.3, -0.25) is 0 Å². The Labute approximate surface area is 126 Å². The Morgan fingerprint density at radius 1 is 1.05 bits per heavy atom. The van der Waals surface area contributed by atoms with Gasteiger partial charge >= 0.3 is 0 Å². The van der Waals surface area contributed by atoms with Gasteiger partial charge in [-0.1, -0.05) is 15.9 Å². The minimum atomic E-state index is 0.579. The molecule has 0 radical (unpaired) electrons. The van der Waals surface area contributed by atoms with Gasteiger partial charge in [0.2, 0.25) is 0 Å². The van der Waals surface area contributed by atoms with Gasteiger partial charge in [-0.25, -0.2) is 0 Å². The van der Waals surface area contributed by atoms with Crippen molar-refractivity contribution in [2.45, 2.75) is 6.92 Å². The molecular formula is C15H15BrN2O2. The van der Waals surface area contributed by atoms with E-state index in [1.807, 2.05) is 37.3 Å². The number of nitrogens with two attached hydrogens (primary N) is 1. The number of fused-ring (bicyclic) bond motifs is 1. The molecule has 2 aromatic carbocycles. The molecule has 1 heterocycles. The summed E-state index contributed by atoms with van der Waals surface area (Å²) in [7, 11) is 0. The van der Waals surface area contributed by atoms with Crippen LogP contribution in [0.5, 0.6) is 11.5 Å². The van der Waals surface area contributed by atoms with Crippen LogP contribution in [0.25, 0.3) is 0 Å². The average Bonchev–Trinajstić information content (AvgIpc) is 2.42. The summed E-state index contributed by atoms with van der Waals surface area (Å²) in [4.78, 5) is 0. The first-order valence-electron chi connectivity index (χ1n) is 6.36. The van der Waals surface area contributed by atoms with Gasteiger partial charge in [0.25, 0.3) is 0 Å². The maximum Gasteiger partial charge on any atom is 0.163 e. The first-order chi connectivity index (χ1) is 9.63. The maximum atomic E-state index is 6.01. The third-order valence-corrected chi connectivity index (χ3v) is 3.67. The monoisotopic (exact) mass is 334 g/mol. The van der Waals surface area contributed by atoms with Crippen molar-refractivity contribution in [2.24, 2.45) is 0 Å². The van der Waals surface area contributed by atoms with E-state index in [9.17, 15) is 0 Å². The Balaban J connectivity index is 1.94. The van der Waals surface area contributed by atoms with Gasteiger partial charge in [-0.15, -0.1) is 0 Å². The Hall–Kier alpha value is -1.88. The number of benzene rings is 2. The Bertz CT molecular complexity index is 659. The molecule has 3 N–H and O–H groups in total. The molecule has 1 aliphatic heterocycles. The predicted octanol–water partition coefficient (Wildman–Crippen LogP) is 3.85. The lowest BCUT2D eigenvalue weighted by molar-refractivity contribution is 0.171. The Kier molecular flexibility index (Phi) is 3.44. The first-order valence-corrected chi connectivity index (χ1v) is 7.15. The van der Waals surface area contributed by atoms with E-state index in [4.69, 9.17) is 15.2 Å². The molecule has 0 saturated heterocycles. The second-order valence-electron chi connectivity index (χ2n) is 4.67. The molecule has 104 valence electrons. The Morgan fingerprint density at radius 3 is 2.45 bits per heavy atom. The van der Waals surface area contributed by atoms with Gasteiger partial charge in [0, 0.05) is 16.2 Å². The Morgan fingerprint density at radius 2 is 1.75 bits per heavy atom. The van der Waals surface area contributed by atoms with Crippen molar-refractivity contribution in [1.82, 2.24) is 0 Å². The minimum absolute atomic E-state index is 0.579. The number of hydrogen-bond acceptors (Lipinski definition) is 4. The highest BCUT2D eigenvalue weighted by atomic mass is 79.9. The molecule has 0 spiro atoms. The molecule has 0 aliphatic carbocycles. The van der Waals surface area contributed by atoms with Crippen LogP contribution in [0.15, 0.2) is 34.8 Å². The summed E-state index contributed by atoms with van der Waals surface area (Å²) in [6.45, 7) is 3.20. The SMILES string of the molecule is Cc1cc2c(cc1Nc1ccc(Br)cc1N)OCCO2. The van der Waals surface area contributed by atoms with E-state index in [0.717, 1.165) is 32.9 Å². The number of hydrogen-bond donors (Lipinski definition) is 2. The lowest BCUT2D eigenvalue weighted by atomic mass is 10.1. The molecule has 4 nitrogen and oxygen atoms in total. The zero-order chi connectivity index (χ0) is 14.1. The topological polar surface area (TPSA) is 56.5 Å². The van der Waals surface area contributed by atoms with E-state index < -0.39 is 0 Å². The van der Waals surface area contributed by atoms with Crippen LogP contribution in [0.1, 0.15) is 5.56 Å². The summed E-state index contributed by atoms with van der Waals surface area (Å²) in [6, 6.07) is 9.69. The third kappa shape index (κ3) is 2.54. The maximum absolute atomic E-state index is 6.01. The highest BCUT2D eigenvalue weighted by molar-refractivity contribution is 9.10. The van der Waals surface area contributed by atoms with Crippen LogP contribution >= 0.6 is 15.9 Å². The number of anilines is 3. The number of halogens is 1. The van der Waals surface area contributed by atoms with E-state index in [0.29, 0.717) is 18.9 Å². The quantitative estimate of drug-likeness (QED) is 0.819. The van der Waals surface area contributed by atoms with Crippen LogP contribution in [0.2, 0.25) is 0 Å². The molecule has 0 aromatic heterocycles. The average molecular weight is 335 g/mol. The molecule has 5 heteroatoms. The minimum Gasteiger partial charge on any atom is -0.486 e. The van der Waals surface area contributed by atoms with E-state index in [1.54, 1.807) is 0 Å². The fourth-order valence-corrected chi connectivity index (χ4v) is 2.50. The second kappa shape index (κ2) is 5.25. The summed E-state index contributed by atoms with van der Waals surface area (Å²) in [6.07, 6.45) is 0. The summed E-state index contributed by atoms with van der Waals surface area (Å²) in [5.74, 6) is 1.56. The van der Waals surface area contributed by atoms with Crippen molar-refractivity contribution in [1.29, 1.82) is 0 Å². The molecule has 0 amide bonds. The van der Waals surface area contributed by atoms with Crippen molar-refractivity contribution in [3.8, 4) is 11.5 Å². The van der Waals surface area contributed by atoms with Crippen molar-refractivity contribution in [3.63, 3.8) is 0 Å². The van der Waals surface area contributed by atoms with E-state index in [2.05, 4.69) is 21.2 Å². The molecule has 3 rings (SSSR count). The summed E-state index contributed by atoms with van der Waals surface area (Å²) in [5, 5.41) is 3.34. The van der Waals surface area contributed by atoms with Crippen LogP contribution in [-0.2, 0) is 0 Å². The molecule has 0 unspecified atom stereocenters. The van der Waals surface area contributed by atoms with Gasteiger partial charge in [0.15, 0.2) is 11.5 Å². The first kappa shape index (κ1) is 13.1. The zero-order valence-electron chi connectivity index (χ0n) is 11.1. The van der Waals surface area contributed by atoms with Crippen molar-refractivity contribution >= 4 is 33.0 Å². The molecule has 20 heavy (non-hydrogen) atoms. The van der Waals surface area contributed by atoms with Gasteiger partial charge in [0.05, 0.1) is 11.4 Å². The van der Waals surface area contributed by atoms with Crippen LogP contribution in [0.4, 0.5) is 17.1 Å². The van der Waals surface area contributed by atoms with E-state index >= 15 is 0 Å². The van der Waals surface area contributed by atoms with Crippen molar-refractivity contribution in [3.05, 3.63) is 40.4 Å². The number of nitrogens with one attached hydrogen (secondary N) is 1. The van der Waals surface area contributed by atoms with Crippen LogP contribution in [0, 0.1) is 6.92 Å². The van der Waals surface area contributed by atoms with Crippen LogP contribution in [-0.4, -0.2) is 13.2 Å². The van der Waals surface area contributed by atoms with Gasteiger partial charge < -0.3 is 20.5 Å². The third-order valence-electron chi connectivity index (χ3n) is 3.17. The number of ether oxygens (including phenoxy) is 2. The lowest BCUT2D eigenvalue weighted by Crippen LogP contribution is -2.15. The highest BCUT2D eigenvalue weighted by Crippen LogP contribution is 2.37. The summed E-state index contributed by atoms with van der Waals surface area (Å²) >= 11 is 3.40. The molecule has 0 fully saturated rings. The molecule has 0 saturated carbocycles. The zero-order valence-corrected chi connectivity index (χ0v) is 12.7. The van der Waals surface area contributed by atoms with Crippen LogP contribution in [0.3, 0.4) is 0 Å². The molecular weight excluding hydrogens is 320 g/mol. The van der Waals surface area contributed by atoms with Gasteiger partial charge in [-0.2, -0.15) is 0 Å². The van der Waals surface area contributed by atoms with Crippen LogP contribution < -0.4 is 20.5 Å². The lowest BCUT2D eigenvalue weighted by Gasteiger charge is -2.21. The highest BCUT2D eigenvalue weighted by Gasteiger charge is 2.14. The fraction of sp³-hybridized carbons (Fsp3) is 0.200. The van der Waals surface area contributed by atoms with E-state index in [1.165, 1.54) is 0 Å². The molecule has 1 aliphatic rings. The summed E-state index contributed by atoms with van der Waals surface area (Å²) in [5.41, 5.74) is 9.61. The second-order valence-corrected chi connectivity index (χ2v) is 5.58. The number of nitrogen functional groups attached to an aromatic ring is 1. The molecule has 0 bridgehead atoms. The normalized spacial score (nSPS) is 13.1. The van der Waals surface area contributed by atoms with Crippen molar-refractivity contribution < 1.29 is 9.47 Å². The predicted molar refractivity (Wildman–Crippen MR) is 84.0 cm³/mol. The fourth-order valence-electron chi connectivity index (χ4n) is 2.12. The number of aryl methyl sites for hydroxylation is 1. The largest absolute Gasteiger partial charge is 0.486 e. The van der Waals surface area contributed by atoms with Gasteiger partial charge in [-0.05, 0) is 36.8 Å². The molecule has 0 atom stereocenters. The number of rotatable bonds is 2. The van der Waals surface area contributed by atoms with Gasteiger partial charge in [0.1, 0.15) is 13.2 Å². The van der Waals surface area contributed by atoms with Crippen molar-refractivity contribution in [2.75, 3.05) is 24.3 Å². The smallest absolute Gasteiger partial charge is 0.163 e.